The van der Waals surface area contributed by atoms with Gasteiger partial charge in [0.1, 0.15) is 5.82 Å². The molecule has 0 fully saturated rings. The molecule has 0 atom stereocenters. The van der Waals surface area contributed by atoms with Crippen LogP contribution in [0, 0.1) is 0 Å². The number of benzene rings is 2. The maximum atomic E-state index is 6.17. The van der Waals surface area contributed by atoms with Gasteiger partial charge in [-0.1, -0.05) is 49.4 Å². The highest BCUT2D eigenvalue weighted by Crippen LogP contribution is 2.21. The molecule has 3 nitrogen and oxygen atoms in total. The van der Waals surface area contributed by atoms with Crippen molar-refractivity contribution in [3.8, 4) is 0 Å². The number of fused-ring (bicyclic) bond motifs is 1. The molecule has 1 aromatic heterocycles. The summed E-state index contributed by atoms with van der Waals surface area (Å²) in [5, 5.41) is 11.1. The lowest BCUT2D eigenvalue weighted by molar-refractivity contribution is 0.708. The summed E-state index contributed by atoms with van der Waals surface area (Å²) in [4.78, 5) is 0. The van der Waals surface area contributed by atoms with Gasteiger partial charge in [-0.05, 0) is 34.4 Å². The molecule has 20 heavy (non-hydrogen) atoms. The van der Waals surface area contributed by atoms with Crippen molar-refractivity contribution < 1.29 is 0 Å². The van der Waals surface area contributed by atoms with Crippen LogP contribution in [0.4, 0.5) is 0 Å². The molecule has 0 aliphatic heterocycles. The third-order valence-corrected chi connectivity index (χ3v) is 3.74. The molecule has 3 rings (SSSR count). The van der Waals surface area contributed by atoms with Gasteiger partial charge in [0.15, 0.2) is 0 Å². The molecule has 2 aromatic carbocycles. The summed E-state index contributed by atoms with van der Waals surface area (Å²) >= 11 is 6.17. The van der Waals surface area contributed by atoms with E-state index in [0.717, 1.165) is 18.7 Å². The van der Waals surface area contributed by atoms with Crippen LogP contribution in [0.3, 0.4) is 0 Å². The van der Waals surface area contributed by atoms with Crippen molar-refractivity contribution in [2.24, 2.45) is 0 Å². The highest BCUT2D eigenvalue weighted by atomic mass is 35.5. The minimum atomic E-state index is 0.460. The van der Waals surface area contributed by atoms with Crippen LogP contribution < -0.4 is 0 Å². The van der Waals surface area contributed by atoms with Crippen molar-refractivity contribution in [3.05, 3.63) is 59.1 Å². The Morgan fingerprint density at radius 2 is 1.85 bits per heavy atom. The predicted octanol–water partition coefficient (Wildman–Crippen LogP) is 4.09. The summed E-state index contributed by atoms with van der Waals surface area (Å²) in [6.45, 7) is 2.84. The van der Waals surface area contributed by atoms with Gasteiger partial charge in [0.2, 0.25) is 5.28 Å². The van der Waals surface area contributed by atoms with E-state index in [-0.39, 0.29) is 0 Å². The fourth-order valence-corrected chi connectivity index (χ4v) is 2.67. The van der Waals surface area contributed by atoms with Gasteiger partial charge < -0.3 is 0 Å². The van der Waals surface area contributed by atoms with Crippen molar-refractivity contribution in [3.63, 3.8) is 0 Å². The number of hydrogen-bond acceptors (Lipinski definition) is 2. The van der Waals surface area contributed by atoms with Crippen molar-refractivity contribution in [2.75, 3.05) is 0 Å². The van der Waals surface area contributed by atoms with E-state index in [4.69, 9.17) is 11.6 Å². The zero-order valence-electron chi connectivity index (χ0n) is 11.4. The smallest absolute Gasteiger partial charge is 0.225 e. The van der Waals surface area contributed by atoms with Crippen LogP contribution in [0.2, 0.25) is 5.28 Å². The molecule has 3 aromatic rings. The van der Waals surface area contributed by atoms with E-state index in [2.05, 4.69) is 59.6 Å². The molecule has 102 valence electrons. The van der Waals surface area contributed by atoms with Crippen LogP contribution in [-0.2, 0) is 13.0 Å². The van der Waals surface area contributed by atoms with Gasteiger partial charge in [-0.25, -0.2) is 0 Å². The largest absolute Gasteiger partial charge is 0.297 e. The number of aromatic nitrogens is 3. The van der Waals surface area contributed by atoms with Crippen molar-refractivity contribution in [1.82, 2.24) is 14.8 Å². The molecular weight excluding hydrogens is 270 g/mol. The Morgan fingerprint density at radius 1 is 1.05 bits per heavy atom. The number of aryl methyl sites for hydroxylation is 1. The van der Waals surface area contributed by atoms with Crippen molar-refractivity contribution in [2.45, 2.75) is 26.3 Å². The minimum absolute atomic E-state index is 0.460. The maximum absolute atomic E-state index is 6.17. The third kappa shape index (κ3) is 2.41. The van der Waals surface area contributed by atoms with Crippen LogP contribution in [-0.4, -0.2) is 14.8 Å². The van der Waals surface area contributed by atoms with E-state index < -0.39 is 0 Å². The van der Waals surface area contributed by atoms with E-state index in [1.54, 1.807) is 0 Å². The number of rotatable bonds is 4. The van der Waals surface area contributed by atoms with E-state index in [9.17, 15) is 0 Å². The van der Waals surface area contributed by atoms with Crippen molar-refractivity contribution >= 4 is 22.4 Å². The zero-order valence-corrected chi connectivity index (χ0v) is 12.1. The van der Waals surface area contributed by atoms with Gasteiger partial charge in [-0.2, -0.15) is 0 Å². The summed E-state index contributed by atoms with van der Waals surface area (Å²) in [5.74, 6) is 0.949. The summed E-state index contributed by atoms with van der Waals surface area (Å²) in [7, 11) is 0. The van der Waals surface area contributed by atoms with Crippen LogP contribution in [0.5, 0.6) is 0 Å². The highest BCUT2D eigenvalue weighted by Gasteiger charge is 2.11. The van der Waals surface area contributed by atoms with Crippen molar-refractivity contribution in [1.29, 1.82) is 0 Å². The summed E-state index contributed by atoms with van der Waals surface area (Å²) in [6.07, 6.45) is 1.93. The minimum Gasteiger partial charge on any atom is -0.297 e. The Hall–Kier alpha value is -1.87. The molecule has 0 bridgehead atoms. The first-order valence-electron chi connectivity index (χ1n) is 6.84. The second-order valence-corrected chi connectivity index (χ2v) is 5.20. The SMILES string of the molecule is CCCc1nnc(Cl)n1Cc1cccc2ccccc12. The van der Waals surface area contributed by atoms with Gasteiger partial charge in [0.05, 0.1) is 6.54 Å². The van der Waals surface area contributed by atoms with E-state index in [0.29, 0.717) is 11.8 Å². The molecule has 4 heteroatoms. The molecule has 0 aliphatic carbocycles. The van der Waals surface area contributed by atoms with Gasteiger partial charge >= 0.3 is 0 Å². The molecule has 0 saturated heterocycles. The first-order chi connectivity index (χ1) is 9.79. The number of halogens is 1. The zero-order chi connectivity index (χ0) is 13.9. The molecule has 0 unspecified atom stereocenters. The maximum Gasteiger partial charge on any atom is 0.225 e. The topological polar surface area (TPSA) is 30.7 Å². The first kappa shape index (κ1) is 13.1. The Labute approximate surface area is 123 Å². The summed E-state index contributed by atoms with van der Waals surface area (Å²) in [6, 6.07) is 14.7. The molecule has 0 radical (unpaired) electrons. The van der Waals surface area contributed by atoms with E-state index >= 15 is 0 Å². The molecule has 0 spiro atoms. The van der Waals surface area contributed by atoms with Gasteiger partial charge in [0.25, 0.3) is 0 Å². The lowest BCUT2D eigenvalue weighted by Gasteiger charge is -2.10. The average Bonchev–Trinajstić information content (AvgIpc) is 2.81. The van der Waals surface area contributed by atoms with Crippen LogP contribution in [0.15, 0.2) is 42.5 Å². The molecule has 0 amide bonds. The van der Waals surface area contributed by atoms with E-state index in [1.165, 1.54) is 16.3 Å². The van der Waals surface area contributed by atoms with Crippen LogP contribution in [0.1, 0.15) is 24.7 Å². The first-order valence-corrected chi connectivity index (χ1v) is 7.21. The fraction of sp³-hybridized carbons (Fsp3) is 0.250. The standard InChI is InChI=1S/C16H16ClN3/c1-2-6-15-18-19-16(17)20(15)11-13-9-5-8-12-7-3-4-10-14(12)13/h3-5,7-10H,2,6,11H2,1H3. The van der Waals surface area contributed by atoms with Gasteiger partial charge in [0, 0.05) is 6.42 Å². The molecule has 0 saturated carbocycles. The number of nitrogens with zero attached hydrogens (tertiary/aromatic N) is 3. The van der Waals surface area contributed by atoms with Crippen LogP contribution in [0.25, 0.3) is 10.8 Å². The summed E-state index contributed by atoms with van der Waals surface area (Å²) in [5.41, 5.74) is 1.24. The molecular formula is C16H16ClN3. The molecule has 0 aliphatic rings. The Kier molecular flexibility index (Phi) is 3.70. The Balaban J connectivity index is 2.03. The highest BCUT2D eigenvalue weighted by molar-refractivity contribution is 6.28. The second-order valence-electron chi connectivity index (χ2n) is 4.86. The fourth-order valence-electron chi connectivity index (χ4n) is 2.48. The lowest BCUT2D eigenvalue weighted by atomic mass is 10.0. The Morgan fingerprint density at radius 3 is 2.70 bits per heavy atom. The third-order valence-electron chi connectivity index (χ3n) is 3.46. The normalized spacial score (nSPS) is 11.1. The summed E-state index contributed by atoms with van der Waals surface area (Å²) < 4.78 is 1.99. The lowest BCUT2D eigenvalue weighted by Crippen LogP contribution is -2.06. The second kappa shape index (κ2) is 5.63. The predicted molar refractivity (Wildman–Crippen MR) is 82.1 cm³/mol. The van der Waals surface area contributed by atoms with E-state index in [1.807, 2.05) is 4.57 Å². The monoisotopic (exact) mass is 285 g/mol. The van der Waals surface area contributed by atoms with Gasteiger partial charge in [-0.3, -0.25) is 4.57 Å². The van der Waals surface area contributed by atoms with Gasteiger partial charge in [-0.15, -0.1) is 10.2 Å². The molecule has 0 N–H and O–H groups in total. The Bertz CT molecular complexity index is 728. The number of hydrogen-bond donors (Lipinski definition) is 0. The molecule has 1 heterocycles. The van der Waals surface area contributed by atoms with Crippen LogP contribution >= 0.6 is 11.6 Å². The quantitative estimate of drug-likeness (QED) is 0.723. The average molecular weight is 286 g/mol.